The summed E-state index contributed by atoms with van der Waals surface area (Å²) in [5.41, 5.74) is -0.857. The van der Waals surface area contributed by atoms with Crippen molar-refractivity contribution in [3.05, 3.63) is 0 Å². The van der Waals surface area contributed by atoms with E-state index >= 15 is 0 Å². The molecule has 8 unspecified atom stereocenters. The van der Waals surface area contributed by atoms with Gasteiger partial charge in [-0.25, -0.2) is 9.78 Å². The smallest absolute Gasteiger partial charge is 0.342 e. The molecule has 26 heavy (non-hydrogen) atoms. The van der Waals surface area contributed by atoms with Crippen LogP contribution in [0.15, 0.2) is 0 Å². The van der Waals surface area contributed by atoms with Gasteiger partial charge in [0.1, 0.15) is 6.61 Å². The summed E-state index contributed by atoms with van der Waals surface area (Å²) in [5, 5.41) is 0. The van der Waals surface area contributed by atoms with Crippen LogP contribution in [0.4, 0.5) is 13.2 Å². The van der Waals surface area contributed by atoms with Gasteiger partial charge in [-0.05, 0) is 44.9 Å². The number of rotatable bonds is 2. The molecule has 0 N–H and O–H groups in total. The minimum absolute atomic E-state index is 0.135. The molecule has 1 spiro atoms. The molecule has 4 saturated heterocycles. The lowest BCUT2D eigenvalue weighted by molar-refractivity contribution is -0.575. The minimum Gasteiger partial charge on any atom is -0.342 e. The van der Waals surface area contributed by atoms with E-state index in [0.717, 1.165) is 19.3 Å². The van der Waals surface area contributed by atoms with Crippen molar-refractivity contribution in [3.63, 3.8) is 0 Å². The summed E-state index contributed by atoms with van der Waals surface area (Å²) in [6, 6.07) is 0. The van der Waals surface area contributed by atoms with Crippen LogP contribution in [0.1, 0.15) is 46.5 Å². The van der Waals surface area contributed by atoms with Crippen molar-refractivity contribution in [2.75, 3.05) is 6.61 Å². The fraction of sp³-hybridized carbons (Fsp3) is 1.00. The van der Waals surface area contributed by atoms with Crippen molar-refractivity contribution < 1.29 is 37.2 Å². The second-order valence-corrected chi connectivity index (χ2v) is 10.1. The highest BCUT2D eigenvalue weighted by atomic mass is 79.9. The minimum atomic E-state index is -4.43. The molecule has 2 bridgehead atoms. The third kappa shape index (κ3) is 2.85. The number of hydrogen-bond acceptors (Lipinski definition) is 5. The van der Waals surface area contributed by atoms with Gasteiger partial charge in [0.05, 0.1) is 4.32 Å². The molecule has 0 amide bonds. The fourth-order valence-corrected chi connectivity index (χ4v) is 6.05. The number of hydrogen-bond donors (Lipinski definition) is 0. The van der Waals surface area contributed by atoms with Crippen molar-refractivity contribution in [1.29, 1.82) is 0 Å². The predicted molar refractivity (Wildman–Crippen MR) is 87.0 cm³/mol. The summed E-state index contributed by atoms with van der Waals surface area (Å²) in [7, 11) is 0. The second-order valence-electron chi connectivity index (χ2n) is 8.40. The monoisotopic (exact) mass is 444 g/mol. The van der Waals surface area contributed by atoms with Crippen LogP contribution in [0.25, 0.3) is 0 Å². The SMILES string of the molecule is CC1CCC2C(C)(Br)C(OCC(F)(F)F)OC3OC4(C)CCC1C32OO4. The Bertz CT molecular complexity index is 573. The molecule has 5 nitrogen and oxygen atoms in total. The molecule has 4 heterocycles. The van der Waals surface area contributed by atoms with E-state index in [1.165, 1.54) is 0 Å². The second kappa shape index (κ2) is 6.03. The molecule has 0 aromatic carbocycles. The highest BCUT2D eigenvalue weighted by molar-refractivity contribution is 9.10. The van der Waals surface area contributed by atoms with E-state index in [4.69, 9.17) is 24.0 Å². The summed E-state index contributed by atoms with van der Waals surface area (Å²) < 4.78 is 54.4. The summed E-state index contributed by atoms with van der Waals surface area (Å²) in [4.78, 5) is 11.6. The molecule has 5 aliphatic rings. The standard InChI is InChI=1S/C17H24BrF3O5/c1-9-4-5-11-15(3,18)12(22-8-16(19,20)21)23-13-17(11)10(9)6-7-14(2,24-13)25-26-17/h9-13H,4-8H2,1-3H3. The Morgan fingerprint density at radius 3 is 2.58 bits per heavy atom. The molecular formula is C17H24BrF3O5. The largest absolute Gasteiger partial charge is 0.411 e. The first-order chi connectivity index (χ1) is 12.0. The summed E-state index contributed by atoms with van der Waals surface area (Å²) in [5.74, 6) is -0.626. The van der Waals surface area contributed by atoms with Crippen molar-refractivity contribution in [3.8, 4) is 0 Å². The van der Waals surface area contributed by atoms with Gasteiger partial charge in [0.25, 0.3) is 0 Å². The van der Waals surface area contributed by atoms with Gasteiger partial charge in [-0.1, -0.05) is 22.9 Å². The van der Waals surface area contributed by atoms with Gasteiger partial charge in [-0.15, -0.1) is 0 Å². The molecule has 0 radical (unpaired) electrons. The molecule has 0 aromatic rings. The molecule has 150 valence electrons. The maximum atomic E-state index is 12.7. The van der Waals surface area contributed by atoms with Gasteiger partial charge in [0.2, 0.25) is 5.79 Å². The van der Waals surface area contributed by atoms with E-state index in [1.54, 1.807) is 13.8 Å². The molecule has 0 aromatic heterocycles. The Labute approximate surface area is 158 Å². The van der Waals surface area contributed by atoms with Crippen LogP contribution in [0.2, 0.25) is 0 Å². The van der Waals surface area contributed by atoms with Crippen molar-refractivity contribution in [2.45, 2.75) is 80.9 Å². The maximum Gasteiger partial charge on any atom is 0.411 e. The number of halogens is 4. The van der Waals surface area contributed by atoms with E-state index in [1.807, 2.05) is 0 Å². The molecule has 4 aliphatic heterocycles. The lowest BCUT2D eigenvalue weighted by Crippen LogP contribution is -2.74. The molecule has 5 fully saturated rings. The average Bonchev–Trinajstić information content (AvgIpc) is 2.75. The summed E-state index contributed by atoms with van der Waals surface area (Å²) in [6.45, 7) is 4.38. The average molecular weight is 445 g/mol. The van der Waals surface area contributed by atoms with Crippen LogP contribution >= 0.6 is 15.9 Å². The van der Waals surface area contributed by atoms with Crippen LogP contribution in [-0.4, -0.2) is 41.1 Å². The Balaban J connectivity index is 1.70. The van der Waals surface area contributed by atoms with Gasteiger partial charge in [-0.3, -0.25) is 0 Å². The zero-order valence-corrected chi connectivity index (χ0v) is 16.6. The number of ether oxygens (including phenoxy) is 3. The first kappa shape index (κ1) is 19.4. The maximum absolute atomic E-state index is 12.7. The van der Waals surface area contributed by atoms with Gasteiger partial charge in [0.15, 0.2) is 18.2 Å². The molecular weight excluding hydrogens is 421 g/mol. The van der Waals surface area contributed by atoms with E-state index in [9.17, 15) is 13.2 Å². The summed E-state index contributed by atoms with van der Waals surface area (Å²) in [6.07, 6.45) is -3.16. The van der Waals surface area contributed by atoms with Crippen LogP contribution in [0.3, 0.4) is 0 Å². The van der Waals surface area contributed by atoms with Crippen LogP contribution < -0.4 is 0 Å². The van der Waals surface area contributed by atoms with Crippen LogP contribution in [-0.2, 0) is 24.0 Å². The van der Waals surface area contributed by atoms with E-state index in [2.05, 4.69) is 22.9 Å². The van der Waals surface area contributed by atoms with Gasteiger partial charge >= 0.3 is 6.18 Å². The zero-order valence-electron chi connectivity index (χ0n) is 15.0. The molecule has 5 rings (SSSR count). The molecule has 1 aliphatic carbocycles. The molecule has 1 saturated carbocycles. The van der Waals surface area contributed by atoms with Gasteiger partial charge in [-0.2, -0.15) is 13.2 Å². The Hall–Kier alpha value is 0.0700. The zero-order chi connectivity index (χ0) is 19.0. The topological polar surface area (TPSA) is 46.2 Å². The first-order valence-electron chi connectivity index (χ1n) is 9.05. The van der Waals surface area contributed by atoms with E-state index < -0.39 is 41.1 Å². The Morgan fingerprint density at radius 1 is 1.15 bits per heavy atom. The van der Waals surface area contributed by atoms with Gasteiger partial charge < -0.3 is 14.2 Å². The summed E-state index contributed by atoms with van der Waals surface area (Å²) >= 11 is 3.62. The van der Waals surface area contributed by atoms with Crippen molar-refractivity contribution >= 4 is 15.9 Å². The Kier molecular flexibility index (Phi) is 4.50. The van der Waals surface area contributed by atoms with Gasteiger partial charge in [0, 0.05) is 12.3 Å². The number of fused-ring (bicyclic) bond motifs is 2. The third-order valence-corrected chi connectivity index (χ3v) is 7.43. The van der Waals surface area contributed by atoms with E-state index in [-0.39, 0.29) is 11.8 Å². The molecule has 9 heteroatoms. The van der Waals surface area contributed by atoms with Crippen LogP contribution in [0.5, 0.6) is 0 Å². The lowest BCUT2D eigenvalue weighted by atomic mass is 9.58. The number of alkyl halides is 4. The van der Waals surface area contributed by atoms with Crippen LogP contribution in [0, 0.1) is 17.8 Å². The first-order valence-corrected chi connectivity index (χ1v) is 9.85. The third-order valence-electron chi connectivity index (χ3n) is 6.51. The lowest BCUT2D eigenvalue weighted by Gasteiger charge is -2.62. The highest BCUT2D eigenvalue weighted by Crippen LogP contribution is 2.63. The quantitative estimate of drug-likeness (QED) is 0.469. The fourth-order valence-electron chi connectivity index (χ4n) is 5.22. The van der Waals surface area contributed by atoms with E-state index in [0.29, 0.717) is 12.3 Å². The highest BCUT2D eigenvalue weighted by Gasteiger charge is 2.72. The molecule has 8 atom stereocenters. The van der Waals surface area contributed by atoms with Crippen molar-refractivity contribution in [1.82, 2.24) is 0 Å². The van der Waals surface area contributed by atoms with Crippen molar-refractivity contribution in [2.24, 2.45) is 17.8 Å². The Morgan fingerprint density at radius 2 is 1.88 bits per heavy atom. The normalized spacial score (nSPS) is 53.9. The predicted octanol–water partition coefficient (Wildman–Crippen LogP) is 4.29.